The van der Waals surface area contributed by atoms with Gasteiger partial charge in [-0.3, -0.25) is 9.48 Å². The van der Waals surface area contributed by atoms with E-state index in [0.717, 1.165) is 41.9 Å². The highest BCUT2D eigenvalue weighted by Crippen LogP contribution is 2.31. The van der Waals surface area contributed by atoms with E-state index in [2.05, 4.69) is 45.3 Å². The maximum Gasteiger partial charge on any atom is 0.231 e. The number of aliphatic imine (C=N–C) groups is 1. The predicted molar refractivity (Wildman–Crippen MR) is 171 cm³/mol. The maximum absolute atomic E-state index is 13.8. The second-order valence-corrected chi connectivity index (χ2v) is 11.3. The molecular formula is C33H36N10O. The van der Waals surface area contributed by atoms with E-state index in [1.807, 2.05) is 48.5 Å². The lowest BCUT2D eigenvalue weighted by atomic mass is 9.89. The molecule has 2 fully saturated rings. The van der Waals surface area contributed by atoms with Crippen LogP contribution in [0.15, 0.2) is 88.6 Å². The Morgan fingerprint density at radius 1 is 1.11 bits per heavy atom. The molecule has 2 atom stereocenters. The topological polar surface area (TPSA) is 118 Å². The predicted octanol–water partition coefficient (Wildman–Crippen LogP) is 3.52. The van der Waals surface area contributed by atoms with Gasteiger partial charge in [-0.25, -0.2) is 15.0 Å². The SMILES string of the molecule is C=NN1C=C(c2cnn(C)c2)N=C(c2ccc(N3CCN(C(=O)[C@@H](c4ccccc4)C4CCCN4)CC3)nc2)/C1=C(/C)C#N. The molecule has 0 bridgehead atoms. The minimum absolute atomic E-state index is 0.171. The molecule has 1 N–H and O–H groups in total. The van der Waals surface area contributed by atoms with Crippen molar-refractivity contribution < 1.29 is 4.79 Å². The van der Waals surface area contributed by atoms with Gasteiger partial charge < -0.3 is 15.1 Å². The summed E-state index contributed by atoms with van der Waals surface area (Å²) in [7, 11) is 1.85. The average Bonchev–Trinajstić information content (AvgIpc) is 3.77. The minimum atomic E-state index is -0.173. The number of hydrazone groups is 1. The molecule has 11 nitrogen and oxygen atoms in total. The molecule has 3 aliphatic rings. The molecule has 3 aliphatic heterocycles. The van der Waals surface area contributed by atoms with Gasteiger partial charge in [0.15, 0.2) is 0 Å². The number of carbonyl (C=O) groups excluding carboxylic acids is 1. The highest BCUT2D eigenvalue weighted by molar-refractivity contribution is 6.15. The molecule has 0 aliphatic carbocycles. The molecule has 1 amide bonds. The molecule has 3 aromatic rings. The van der Waals surface area contributed by atoms with Gasteiger partial charge in [-0.2, -0.15) is 15.5 Å². The third kappa shape index (κ3) is 5.76. The normalized spacial score (nSPS) is 20.5. The quantitative estimate of drug-likeness (QED) is 0.332. The average molecular weight is 589 g/mol. The van der Waals surface area contributed by atoms with Crippen LogP contribution in [0.2, 0.25) is 0 Å². The van der Waals surface area contributed by atoms with Crippen LogP contribution < -0.4 is 10.2 Å². The number of allylic oxidation sites excluding steroid dienone is 2. The zero-order chi connectivity index (χ0) is 30.6. The van der Waals surface area contributed by atoms with Crippen LogP contribution in [0, 0.1) is 11.3 Å². The molecule has 6 rings (SSSR count). The number of nitrogens with one attached hydrogen (secondary N) is 1. The molecule has 0 spiro atoms. The first-order valence-electron chi connectivity index (χ1n) is 14.9. The Balaban J connectivity index is 1.19. The summed E-state index contributed by atoms with van der Waals surface area (Å²) in [4.78, 5) is 27.7. The number of nitrogens with zero attached hydrogens (tertiary/aromatic N) is 9. The van der Waals surface area contributed by atoms with Gasteiger partial charge in [0.25, 0.3) is 0 Å². The maximum atomic E-state index is 13.8. The molecular weight excluding hydrogens is 552 g/mol. The number of hydrogen-bond acceptors (Lipinski definition) is 9. The van der Waals surface area contributed by atoms with E-state index in [1.54, 1.807) is 35.2 Å². The standard InChI is InChI=1S/C33H36N10O/c1-23(18-34)32-31(39-28(22-43(32)35-2)26-20-38-40(3)21-26)25-11-12-29(37-19-25)41-14-16-42(17-15-41)33(44)30(27-10-7-13-36-27)24-8-5-4-6-9-24/h4-6,8-9,11-12,19-22,27,30,36H,2,7,10,13-17H2,1,3H3/b32-23+/t27?,30-/m0/s1. The van der Waals surface area contributed by atoms with Crippen molar-refractivity contribution in [3.05, 3.63) is 95.2 Å². The summed E-state index contributed by atoms with van der Waals surface area (Å²) in [5.41, 5.74) is 4.91. The summed E-state index contributed by atoms with van der Waals surface area (Å²) in [5.74, 6) is 0.853. The number of amides is 1. The zero-order valence-electron chi connectivity index (χ0n) is 25.1. The Hall–Kier alpha value is -5.08. The largest absolute Gasteiger partial charge is 0.353 e. The summed E-state index contributed by atoms with van der Waals surface area (Å²) in [6.07, 6.45) is 9.24. The first-order chi connectivity index (χ1) is 21.5. The smallest absolute Gasteiger partial charge is 0.231 e. The summed E-state index contributed by atoms with van der Waals surface area (Å²) >= 11 is 0. The van der Waals surface area contributed by atoms with Crippen molar-refractivity contribution in [2.75, 3.05) is 37.6 Å². The molecule has 1 aromatic carbocycles. The van der Waals surface area contributed by atoms with Crippen LogP contribution >= 0.6 is 0 Å². The number of piperazine rings is 1. The van der Waals surface area contributed by atoms with E-state index < -0.39 is 0 Å². The lowest BCUT2D eigenvalue weighted by Gasteiger charge is -2.38. The van der Waals surface area contributed by atoms with Crippen LogP contribution in [0.3, 0.4) is 0 Å². The van der Waals surface area contributed by atoms with Crippen molar-refractivity contribution in [1.29, 1.82) is 5.26 Å². The Morgan fingerprint density at radius 2 is 1.91 bits per heavy atom. The van der Waals surface area contributed by atoms with Crippen molar-refractivity contribution in [2.45, 2.75) is 31.7 Å². The second kappa shape index (κ2) is 12.7. The lowest BCUT2D eigenvalue weighted by molar-refractivity contribution is -0.133. The van der Waals surface area contributed by atoms with Gasteiger partial charge in [0, 0.05) is 69.5 Å². The van der Waals surface area contributed by atoms with E-state index in [4.69, 9.17) is 9.98 Å². The van der Waals surface area contributed by atoms with Crippen LogP contribution in [0.4, 0.5) is 5.82 Å². The summed E-state index contributed by atoms with van der Waals surface area (Å²) in [6.45, 7) is 9.07. The number of carbonyl (C=O) groups is 1. The molecule has 5 heterocycles. The van der Waals surface area contributed by atoms with Gasteiger partial charge >= 0.3 is 0 Å². The van der Waals surface area contributed by atoms with E-state index in [-0.39, 0.29) is 17.9 Å². The van der Waals surface area contributed by atoms with Crippen molar-refractivity contribution in [2.24, 2.45) is 17.1 Å². The molecule has 2 aromatic heterocycles. The number of benzene rings is 1. The van der Waals surface area contributed by atoms with Crippen LogP contribution in [0.5, 0.6) is 0 Å². The van der Waals surface area contributed by atoms with Crippen LogP contribution in [-0.4, -0.2) is 81.8 Å². The molecule has 2 saturated heterocycles. The Labute approximate surface area is 257 Å². The minimum Gasteiger partial charge on any atom is -0.353 e. The number of hydrogen-bond donors (Lipinski definition) is 1. The Kier molecular flexibility index (Phi) is 8.34. The van der Waals surface area contributed by atoms with Crippen LogP contribution in [-0.2, 0) is 11.8 Å². The number of anilines is 1. The van der Waals surface area contributed by atoms with Gasteiger partial charge in [0.1, 0.15) is 11.5 Å². The molecule has 0 saturated carbocycles. The van der Waals surface area contributed by atoms with Gasteiger partial charge in [0.05, 0.1) is 41.4 Å². The number of rotatable bonds is 7. The molecule has 44 heavy (non-hydrogen) atoms. The van der Waals surface area contributed by atoms with Crippen LogP contribution in [0.25, 0.3) is 5.70 Å². The van der Waals surface area contributed by atoms with Gasteiger partial charge in [-0.05, 0) is 44.0 Å². The summed E-state index contributed by atoms with van der Waals surface area (Å²) in [6, 6.07) is 16.5. The summed E-state index contributed by atoms with van der Waals surface area (Å²) in [5, 5.41) is 23.3. The first kappa shape index (κ1) is 29.0. The molecule has 1 unspecified atom stereocenters. The van der Waals surface area contributed by atoms with E-state index in [0.29, 0.717) is 48.9 Å². The highest BCUT2D eigenvalue weighted by atomic mass is 16.2. The monoisotopic (exact) mass is 588 g/mol. The van der Waals surface area contributed by atoms with Crippen molar-refractivity contribution in [1.82, 2.24) is 30.0 Å². The number of aryl methyl sites for hydroxylation is 1. The number of pyridine rings is 1. The van der Waals surface area contributed by atoms with Crippen molar-refractivity contribution >= 4 is 29.9 Å². The van der Waals surface area contributed by atoms with E-state index in [1.165, 1.54) is 0 Å². The van der Waals surface area contributed by atoms with Crippen LogP contribution in [0.1, 0.15) is 42.4 Å². The lowest BCUT2D eigenvalue weighted by Crippen LogP contribution is -2.52. The summed E-state index contributed by atoms with van der Waals surface area (Å²) < 4.78 is 1.71. The zero-order valence-corrected chi connectivity index (χ0v) is 25.1. The molecule has 224 valence electrons. The van der Waals surface area contributed by atoms with Gasteiger partial charge in [0.2, 0.25) is 5.91 Å². The first-order valence-corrected chi connectivity index (χ1v) is 14.9. The third-order valence-electron chi connectivity index (χ3n) is 8.47. The van der Waals surface area contributed by atoms with Crippen molar-refractivity contribution in [3.63, 3.8) is 0 Å². The Morgan fingerprint density at radius 3 is 2.52 bits per heavy atom. The van der Waals surface area contributed by atoms with Gasteiger partial charge in [-0.1, -0.05) is 30.3 Å². The van der Waals surface area contributed by atoms with Crippen molar-refractivity contribution in [3.8, 4) is 6.07 Å². The highest BCUT2D eigenvalue weighted by Gasteiger charge is 2.36. The fourth-order valence-corrected chi connectivity index (χ4v) is 6.17. The fraction of sp³-hybridized carbons (Fsp3) is 0.333. The Bertz CT molecular complexity index is 1650. The number of nitriles is 1. The number of aromatic nitrogens is 3. The molecule has 11 heteroatoms. The van der Waals surface area contributed by atoms with Gasteiger partial charge in [-0.15, -0.1) is 0 Å². The molecule has 0 radical (unpaired) electrons. The van der Waals surface area contributed by atoms with E-state index >= 15 is 0 Å². The third-order valence-corrected chi connectivity index (χ3v) is 8.47. The fourth-order valence-electron chi connectivity index (χ4n) is 6.17. The van der Waals surface area contributed by atoms with E-state index in [9.17, 15) is 10.1 Å². The second-order valence-electron chi connectivity index (χ2n) is 11.3.